The van der Waals surface area contributed by atoms with Crippen LogP contribution in [-0.2, 0) is 0 Å². The molecule has 118 valence electrons. The highest BCUT2D eigenvalue weighted by atomic mass is 35.5. The van der Waals surface area contributed by atoms with E-state index < -0.39 is 0 Å². The maximum atomic E-state index is 12.4. The van der Waals surface area contributed by atoms with Crippen LogP contribution in [0.2, 0.25) is 5.02 Å². The lowest BCUT2D eigenvalue weighted by atomic mass is 10.1. The molecule has 3 aromatic rings. The molecule has 1 atom stereocenters. The molecule has 1 aromatic heterocycles. The first-order chi connectivity index (χ1) is 11.6. The Hall–Kier alpha value is -2.90. The number of hydrogen-bond acceptors (Lipinski definition) is 3. The van der Waals surface area contributed by atoms with Gasteiger partial charge in [0.25, 0.3) is 5.91 Å². The topological polar surface area (TPSA) is 65.8 Å². The number of nitrogens with zero attached hydrogens (tertiary/aromatic N) is 2. The Kier molecular flexibility index (Phi) is 4.45. The minimum Gasteiger partial charge on any atom is -0.344 e. The molecule has 1 heterocycles. The normalized spacial score (nSPS) is 11.7. The van der Waals surface area contributed by atoms with E-state index in [0.29, 0.717) is 21.8 Å². The molecule has 1 N–H and O–H groups in total. The van der Waals surface area contributed by atoms with Gasteiger partial charge in [0.1, 0.15) is 5.69 Å². The number of nitriles is 1. The maximum Gasteiger partial charge on any atom is 0.270 e. The zero-order chi connectivity index (χ0) is 17.1. The van der Waals surface area contributed by atoms with Crippen molar-refractivity contribution in [2.45, 2.75) is 13.0 Å². The van der Waals surface area contributed by atoms with Crippen molar-refractivity contribution in [3.63, 3.8) is 0 Å². The monoisotopic (exact) mass is 335 g/mol. The maximum absolute atomic E-state index is 12.4. The molecule has 0 aliphatic heterocycles. The summed E-state index contributed by atoms with van der Waals surface area (Å²) >= 11 is 5.98. The number of halogens is 1. The minimum absolute atomic E-state index is 0.192. The Bertz CT molecular complexity index is 945. The van der Waals surface area contributed by atoms with Gasteiger partial charge in [0, 0.05) is 10.4 Å². The smallest absolute Gasteiger partial charge is 0.270 e. The highest BCUT2D eigenvalue weighted by Crippen LogP contribution is 2.19. The molecule has 0 spiro atoms. The van der Waals surface area contributed by atoms with Crippen LogP contribution >= 0.6 is 11.6 Å². The summed E-state index contributed by atoms with van der Waals surface area (Å²) < 4.78 is 0. The van der Waals surface area contributed by atoms with E-state index in [1.165, 1.54) is 0 Å². The van der Waals surface area contributed by atoms with Crippen LogP contribution in [0.15, 0.2) is 54.6 Å². The Morgan fingerprint density at radius 3 is 2.58 bits per heavy atom. The number of carbonyl (C=O) groups is 1. The Morgan fingerprint density at radius 2 is 1.88 bits per heavy atom. The fraction of sp³-hybridized carbons (Fsp3) is 0.105. The average Bonchev–Trinajstić information content (AvgIpc) is 2.61. The summed E-state index contributed by atoms with van der Waals surface area (Å²) in [6, 6.07) is 17.9. The van der Waals surface area contributed by atoms with Crippen LogP contribution < -0.4 is 5.32 Å². The van der Waals surface area contributed by atoms with E-state index in [1.807, 2.05) is 31.2 Å². The summed E-state index contributed by atoms with van der Waals surface area (Å²) in [5.41, 5.74) is 2.53. The first-order valence-electron chi connectivity index (χ1n) is 7.44. The van der Waals surface area contributed by atoms with Crippen LogP contribution in [0.5, 0.6) is 0 Å². The summed E-state index contributed by atoms with van der Waals surface area (Å²) in [7, 11) is 0. The van der Waals surface area contributed by atoms with Crippen molar-refractivity contribution in [1.82, 2.24) is 10.3 Å². The molecule has 0 fully saturated rings. The summed E-state index contributed by atoms with van der Waals surface area (Å²) in [6.45, 7) is 1.89. The third-order valence-electron chi connectivity index (χ3n) is 3.77. The Morgan fingerprint density at radius 1 is 1.17 bits per heavy atom. The van der Waals surface area contributed by atoms with Crippen LogP contribution in [0.3, 0.4) is 0 Å². The molecule has 0 aliphatic rings. The van der Waals surface area contributed by atoms with Crippen LogP contribution in [0.25, 0.3) is 10.9 Å². The summed E-state index contributed by atoms with van der Waals surface area (Å²) in [4.78, 5) is 16.8. The molecule has 3 rings (SSSR count). The van der Waals surface area contributed by atoms with Gasteiger partial charge in [-0.1, -0.05) is 35.9 Å². The zero-order valence-electron chi connectivity index (χ0n) is 13.0. The number of aromatic nitrogens is 1. The summed E-state index contributed by atoms with van der Waals surface area (Å²) in [5, 5.41) is 13.3. The number of hydrogen-bond donors (Lipinski definition) is 1. The van der Waals surface area contributed by atoms with Gasteiger partial charge in [-0.05, 0) is 42.8 Å². The molecule has 0 saturated heterocycles. The molecule has 0 saturated carbocycles. The van der Waals surface area contributed by atoms with Gasteiger partial charge in [0.05, 0.1) is 23.2 Å². The number of carbonyl (C=O) groups excluding carboxylic acids is 1. The lowest BCUT2D eigenvalue weighted by molar-refractivity contribution is 0.0935. The number of amides is 1. The van der Waals surface area contributed by atoms with Gasteiger partial charge in [-0.15, -0.1) is 0 Å². The average molecular weight is 336 g/mol. The Balaban J connectivity index is 1.79. The van der Waals surface area contributed by atoms with Crippen molar-refractivity contribution in [3.8, 4) is 6.07 Å². The van der Waals surface area contributed by atoms with Gasteiger partial charge in [0.15, 0.2) is 0 Å². The van der Waals surface area contributed by atoms with Gasteiger partial charge >= 0.3 is 0 Å². The molecular weight excluding hydrogens is 322 g/mol. The number of rotatable bonds is 3. The van der Waals surface area contributed by atoms with E-state index >= 15 is 0 Å². The highest BCUT2D eigenvalue weighted by molar-refractivity contribution is 6.31. The van der Waals surface area contributed by atoms with Gasteiger partial charge in [-0.25, -0.2) is 4.98 Å². The van der Waals surface area contributed by atoms with Crippen LogP contribution in [0, 0.1) is 11.3 Å². The highest BCUT2D eigenvalue weighted by Gasteiger charge is 2.13. The van der Waals surface area contributed by atoms with E-state index in [4.69, 9.17) is 16.9 Å². The number of pyridine rings is 1. The van der Waals surface area contributed by atoms with E-state index in [-0.39, 0.29) is 11.9 Å². The molecule has 0 radical (unpaired) electrons. The third-order valence-corrected chi connectivity index (χ3v) is 4.01. The Labute approximate surface area is 144 Å². The standard InChI is InChI=1S/C19H14ClN3O/c1-12(14-4-2-13(11-21)3-5-14)22-19(24)17-9-7-15-6-8-16(20)10-18(15)23-17/h2-10,12H,1H3,(H,22,24)/t12-/m1/s1. The summed E-state index contributed by atoms with van der Waals surface area (Å²) in [6.07, 6.45) is 0. The number of fused-ring (bicyclic) bond motifs is 1. The fourth-order valence-electron chi connectivity index (χ4n) is 2.42. The largest absolute Gasteiger partial charge is 0.344 e. The molecule has 4 nitrogen and oxygen atoms in total. The fourth-order valence-corrected chi connectivity index (χ4v) is 2.58. The molecule has 2 aromatic carbocycles. The lowest BCUT2D eigenvalue weighted by Crippen LogP contribution is -2.27. The predicted molar refractivity (Wildman–Crippen MR) is 93.8 cm³/mol. The van der Waals surface area contributed by atoms with Crippen molar-refractivity contribution < 1.29 is 4.79 Å². The molecule has 0 bridgehead atoms. The quantitative estimate of drug-likeness (QED) is 0.778. The third kappa shape index (κ3) is 3.37. The molecule has 5 heteroatoms. The van der Waals surface area contributed by atoms with Gasteiger partial charge < -0.3 is 5.32 Å². The second-order valence-corrected chi connectivity index (χ2v) is 5.90. The first-order valence-corrected chi connectivity index (χ1v) is 7.82. The number of benzene rings is 2. The van der Waals surface area contributed by atoms with Crippen LogP contribution in [-0.4, -0.2) is 10.9 Å². The van der Waals surface area contributed by atoms with E-state index in [1.54, 1.807) is 30.3 Å². The molecule has 0 aliphatic carbocycles. The van der Waals surface area contributed by atoms with E-state index in [0.717, 1.165) is 10.9 Å². The molecule has 1 amide bonds. The molecule has 0 unspecified atom stereocenters. The second kappa shape index (κ2) is 6.69. The van der Waals surface area contributed by atoms with Gasteiger partial charge in [-0.2, -0.15) is 5.26 Å². The molecule has 24 heavy (non-hydrogen) atoms. The van der Waals surface area contributed by atoms with Crippen molar-refractivity contribution in [1.29, 1.82) is 5.26 Å². The molecular formula is C19H14ClN3O. The number of nitrogens with one attached hydrogen (secondary N) is 1. The van der Waals surface area contributed by atoms with E-state index in [9.17, 15) is 4.79 Å². The minimum atomic E-state index is -0.256. The first kappa shape index (κ1) is 16.0. The van der Waals surface area contributed by atoms with Gasteiger partial charge in [0.2, 0.25) is 0 Å². The van der Waals surface area contributed by atoms with E-state index in [2.05, 4.69) is 16.4 Å². The van der Waals surface area contributed by atoms with Crippen molar-refractivity contribution >= 4 is 28.4 Å². The zero-order valence-corrected chi connectivity index (χ0v) is 13.7. The van der Waals surface area contributed by atoms with Crippen molar-refractivity contribution in [2.75, 3.05) is 0 Å². The van der Waals surface area contributed by atoms with Crippen molar-refractivity contribution in [2.24, 2.45) is 0 Å². The van der Waals surface area contributed by atoms with Gasteiger partial charge in [-0.3, -0.25) is 4.79 Å². The second-order valence-electron chi connectivity index (χ2n) is 5.46. The van der Waals surface area contributed by atoms with Crippen LogP contribution in [0.4, 0.5) is 0 Å². The predicted octanol–water partition coefficient (Wildman–Crippen LogP) is 4.25. The lowest BCUT2D eigenvalue weighted by Gasteiger charge is -2.14. The van der Waals surface area contributed by atoms with Crippen molar-refractivity contribution in [3.05, 3.63) is 76.4 Å². The SMILES string of the molecule is C[C@@H](NC(=O)c1ccc2ccc(Cl)cc2n1)c1ccc(C#N)cc1. The van der Waals surface area contributed by atoms with Crippen LogP contribution in [0.1, 0.15) is 34.6 Å². The summed E-state index contributed by atoms with van der Waals surface area (Å²) in [5.74, 6) is -0.256.